The van der Waals surface area contributed by atoms with Gasteiger partial charge in [0.2, 0.25) is 0 Å². The van der Waals surface area contributed by atoms with Gasteiger partial charge in [0.15, 0.2) is 6.16 Å². The molecule has 1 aliphatic heterocycles. The third-order valence-electron chi connectivity index (χ3n) is 1.06. The predicted octanol–water partition coefficient (Wildman–Crippen LogP) is 6.84. The molecule has 0 aromatic heterocycles. The molecule has 0 fully saturated rings. The Kier molecular flexibility index (Phi) is 4.63. The Morgan fingerprint density at radius 2 is 1.77 bits per heavy atom. The van der Waals surface area contributed by atoms with Crippen LogP contribution < -0.4 is 0 Å². The molecule has 0 amide bonds. The van der Waals surface area contributed by atoms with Gasteiger partial charge in [-0.05, 0) is 60.4 Å². The maximum atomic E-state index is 5.85. The maximum Gasteiger partial charge on any atom is 0.356 e. The highest BCUT2D eigenvalue weighted by Gasteiger charge is 2.32. The SMILES string of the molecule is CCC[P+]1=NP(Cl)(Cl)=NP(Cl)(Cl)=N1. The van der Waals surface area contributed by atoms with Crippen LogP contribution in [0.5, 0.6) is 0 Å². The Balaban J connectivity index is 3.11. The van der Waals surface area contributed by atoms with Crippen LogP contribution >= 0.6 is 64.6 Å². The molecule has 0 radical (unpaired) electrons. The molecule has 0 saturated carbocycles. The van der Waals surface area contributed by atoms with Crippen LogP contribution in [0.4, 0.5) is 0 Å². The molecule has 0 N–H and O–H groups in total. The first-order chi connectivity index (χ1) is 5.85. The number of halogens is 4. The average molecular weight is 320 g/mol. The Morgan fingerprint density at radius 1 is 1.15 bits per heavy atom. The second kappa shape index (κ2) is 4.71. The van der Waals surface area contributed by atoms with Crippen molar-refractivity contribution in [3.63, 3.8) is 0 Å². The van der Waals surface area contributed by atoms with Gasteiger partial charge in [-0.1, -0.05) is 6.92 Å². The van der Waals surface area contributed by atoms with E-state index in [1.807, 2.05) is 6.92 Å². The first kappa shape index (κ1) is 12.8. The van der Waals surface area contributed by atoms with Gasteiger partial charge in [0.05, 0.1) is 0 Å². The zero-order valence-corrected chi connectivity index (χ0v) is 12.3. The monoisotopic (exact) mass is 318 g/mol. The van der Waals surface area contributed by atoms with E-state index in [4.69, 9.17) is 45.0 Å². The molecule has 0 saturated heterocycles. The van der Waals surface area contributed by atoms with Crippen molar-refractivity contribution in [2.24, 2.45) is 13.5 Å². The van der Waals surface area contributed by atoms with Crippen molar-refractivity contribution >= 4 is 64.6 Å². The average Bonchev–Trinajstić information content (AvgIpc) is 1.78. The Bertz CT molecular complexity index is 330. The zero-order valence-electron chi connectivity index (χ0n) is 6.61. The van der Waals surface area contributed by atoms with E-state index in [9.17, 15) is 0 Å². The van der Waals surface area contributed by atoms with Gasteiger partial charge in [-0.2, -0.15) is 4.52 Å². The summed E-state index contributed by atoms with van der Waals surface area (Å²) in [6.45, 7) is 2.03. The standard InChI is InChI=1S/C3H7Cl4N3P3/c1-2-3-11-8-12(4,5)10-13(6,7)9-11/h2-3H2,1H3/q+1. The summed E-state index contributed by atoms with van der Waals surface area (Å²) in [6, 6.07) is 0. The molecule has 0 aromatic rings. The van der Waals surface area contributed by atoms with Gasteiger partial charge >= 0.3 is 19.7 Å². The number of hydrogen-bond acceptors (Lipinski definition) is 3. The summed E-state index contributed by atoms with van der Waals surface area (Å²) in [5.41, 5.74) is 0. The minimum atomic E-state index is -2.63. The maximum absolute atomic E-state index is 5.85. The van der Waals surface area contributed by atoms with E-state index in [1.165, 1.54) is 0 Å². The molecule has 3 nitrogen and oxygen atoms in total. The van der Waals surface area contributed by atoms with Crippen LogP contribution in [0.15, 0.2) is 13.5 Å². The van der Waals surface area contributed by atoms with Crippen molar-refractivity contribution in [2.75, 3.05) is 6.16 Å². The molecule has 13 heavy (non-hydrogen) atoms. The van der Waals surface area contributed by atoms with Crippen LogP contribution in [0, 0.1) is 0 Å². The molecular weight excluding hydrogens is 313 g/mol. The van der Waals surface area contributed by atoms with E-state index >= 15 is 0 Å². The van der Waals surface area contributed by atoms with E-state index in [0.717, 1.165) is 12.6 Å². The summed E-state index contributed by atoms with van der Waals surface area (Å²) in [4.78, 5) is 0. The molecule has 0 aromatic carbocycles. The van der Waals surface area contributed by atoms with Gasteiger partial charge in [0.25, 0.3) is 0 Å². The molecule has 1 heterocycles. The first-order valence-corrected chi connectivity index (χ1v) is 11.8. The summed E-state index contributed by atoms with van der Waals surface area (Å²) < 4.78 is 12.1. The van der Waals surface area contributed by atoms with Gasteiger partial charge < -0.3 is 0 Å². The second-order valence-corrected chi connectivity index (χ2v) is 14.1. The fraction of sp³-hybridized carbons (Fsp3) is 1.00. The fourth-order valence-corrected chi connectivity index (χ4v) is 13.8. The topological polar surface area (TPSA) is 37.1 Å². The van der Waals surface area contributed by atoms with E-state index < -0.39 is 19.7 Å². The third kappa shape index (κ3) is 4.39. The first-order valence-electron chi connectivity index (χ1n) is 3.40. The molecule has 0 bridgehead atoms. The lowest BCUT2D eigenvalue weighted by molar-refractivity contribution is 1.10. The van der Waals surface area contributed by atoms with Crippen molar-refractivity contribution < 1.29 is 0 Å². The molecule has 1 rings (SSSR count). The van der Waals surface area contributed by atoms with E-state index in [-0.39, 0.29) is 0 Å². The zero-order chi connectivity index (χ0) is 10.1. The van der Waals surface area contributed by atoms with Gasteiger partial charge in [0, 0.05) is 0 Å². The molecule has 76 valence electrons. The van der Waals surface area contributed by atoms with E-state index in [2.05, 4.69) is 13.5 Å². The number of nitrogens with zero attached hydrogens (tertiary/aromatic N) is 3. The number of hydrogen-bond donors (Lipinski definition) is 0. The molecular formula is C3H7Cl4N3P3+. The highest BCUT2D eigenvalue weighted by Crippen LogP contribution is 2.81. The van der Waals surface area contributed by atoms with Gasteiger partial charge in [-0.15, -0.1) is 0 Å². The summed E-state index contributed by atoms with van der Waals surface area (Å²) in [5.74, 6) is -5.26. The van der Waals surface area contributed by atoms with Gasteiger partial charge in [-0.25, -0.2) is 0 Å². The van der Waals surface area contributed by atoms with Crippen LogP contribution in [-0.4, -0.2) is 6.16 Å². The molecule has 0 aliphatic carbocycles. The molecule has 1 aliphatic rings. The summed E-state index contributed by atoms with van der Waals surface area (Å²) in [5, 5.41) is 0. The quantitative estimate of drug-likeness (QED) is 0.500. The van der Waals surface area contributed by atoms with Crippen molar-refractivity contribution in [1.29, 1.82) is 0 Å². The number of rotatable bonds is 2. The van der Waals surface area contributed by atoms with Gasteiger partial charge in [-0.3, -0.25) is 0 Å². The molecule has 0 spiro atoms. The lowest BCUT2D eigenvalue weighted by Crippen LogP contribution is -1.72. The van der Waals surface area contributed by atoms with Crippen LogP contribution in [-0.2, 0) is 0 Å². The largest absolute Gasteiger partial charge is 0.356 e. The summed E-state index contributed by atoms with van der Waals surface area (Å²) in [7, 11) is -0.921. The van der Waals surface area contributed by atoms with Crippen molar-refractivity contribution in [3.05, 3.63) is 0 Å². The summed E-state index contributed by atoms with van der Waals surface area (Å²) >= 11 is 23.4. The lowest BCUT2D eigenvalue weighted by atomic mass is 10.6. The van der Waals surface area contributed by atoms with Crippen molar-refractivity contribution in [1.82, 2.24) is 0 Å². The smallest absolute Gasteiger partial charge is 0.179 e. The minimum Gasteiger partial charge on any atom is -0.179 e. The van der Waals surface area contributed by atoms with Crippen LogP contribution in [0.3, 0.4) is 0 Å². The Labute approximate surface area is 97.4 Å². The van der Waals surface area contributed by atoms with Crippen LogP contribution in [0.1, 0.15) is 13.3 Å². The van der Waals surface area contributed by atoms with Gasteiger partial charge in [0.1, 0.15) is 0 Å². The van der Waals surface area contributed by atoms with Crippen LogP contribution in [0.25, 0.3) is 0 Å². The Hall–Kier alpha value is 1.72. The molecule has 1 unspecified atom stereocenters. The fourth-order valence-electron chi connectivity index (χ4n) is 0.721. The molecule has 1 atom stereocenters. The highest BCUT2D eigenvalue weighted by atomic mass is 35.9. The molecule has 10 heteroatoms. The predicted molar refractivity (Wildman–Crippen MR) is 66.6 cm³/mol. The second-order valence-electron chi connectivity index (χ2n) is 2.28. The highest BCUT2D eigenvalue weighted by molar-refractivity contribution is 8.20. The Morgan fingerprint density at radius 3 is 2.23 bits per heavy atom. The minimum absolute atomic E-state index is 0.827. The van der Waals surface area contributed by atoms with E-state index in [0.29, 0.717) is 0 Å². The normalized spacial score (nSPS) is 27.0. The lowest BCUT2D eigenvalue weighted by Gasteiger charge is -2.06. The van der Waals surface area contributed by atoms with Crippen molar-refractivity contribution in [2.45, 2.75) is 13.3 Å². The van der Waals surface area contributed by atoms with E-state index in [1.54, 1.807) is 0 Å². The van der Waals surface area contributed by atoms with Crippen molar-refractivity contribution in [3.8, 4) is 0 Å². The summed E-state index contributed by atoms with van der Waals surface area (Å²) in [6.07, 6.45) is 1.79. The third-order valence-corrected chi connectivity index (χ3v) is 11.9. The van der Waals surface area contributed by atoms with Crippen LogP contribution in [0.2, 0.25) is 0 Å².